The fraction of sp³-hybridized carbons (Fsp3) is 0.235. The minimum Gasteiger partial charge on any atom is -0.395 e. The van der Waals surface area contributed by atoms with E-state index in [1.54, 1.807) is 24.3 Å². The summed E-state index contributed by atoms with van der Waals surface area (Å²) in [5.74, 6) is -1.10. The molecule has 1 heterocycles. The van der Waals surface area contributed by atoms with Gasteiger partial charge in [-0.15, -0.1) is 0 Å². The first-order valence-electron chi connectivity index (χ1n) is 7.35. The minimum atomic E-state index is -4.08. The quantitative estimate of drug-likeness (QED) is 0.916. The van der Waals surface area contributed by atoms with Crippen molar-refractivity contribution in [3.63, 3.8) is 0 Å². The topological polar surface area (TPSA) is 81.4 Å². The van der Waals surface area contributed by atoms with Gasteiger partial charge in [0, 0.05) is 5.92 Å². The van der Waals surface area contributed by atoms with Gasteiger partial charge in [-0.3, -0.25) is 0 Å². The van der Waals surface area contributed by atoms with Crippen molar-refractivity contribution < 1.29 is 17.9 Å². The van der Waals surface area contributed by atoms with Crippen molar-refractivity contribution >= 4 is 10.0 Å². The van der Waals surface area contributed by atoms with Crippen molar-refractivity contribution in [2.45, 2.75) is 22.9 Å². The summed E-state index contributed by atoms with van der Waals surface area (Å²) >= 11 is 0. The monoisotopic (exact) mass is 346 g/mol. The Morgan fingerprint density at radius 2 is 1.88 bits per heavy atom. The minimum absolute atomic E-state index is 0.229. The van der Waals surface area contributed by atoms with Crippen LogP contribution in [0.3, 0.4) is 0 Å². The van der Waals surface area contributed by atoms with E-state index in [4.69, 9.17) is 0 Å². The van der Waals surface area contributed by atoms with E-state index >= 15 is 0 Å². The van der Waals surface area contributed by atoms with Gasteiger partial charge in [0.25, 0.3) is 0 Å². The molecule has 7 heteroatoms. The second-order valence-electron chi connectivity index (χ2n) is 5.55. The van der Waals surface area contributed by atoms with E-state index < -0.39 is 40.4 Å². The highest BCUT2D eigenvalue weighted by atomic mass is 32.2. The van der Waals surface area contributed by atoms with Gasteiger partial charge in [0.15, 0.2) is 0 Å². The fourth-order valence-corrected chi connectivity index (χ4v) is 4.91. The molecule has 3 rings (SSSR count). The maximum Gasteiger partial charge on any atom is 0.244 e. The van der Waals surface area contributed by atoms with Gasteiger partial charge in [0.1, 0.15) is 11.9 Å². The van der Waals surface area contributed by atoms with E-state index in [0.29, 0.717) is 0 Å². The molecule has 0 aromatic heterocycles. The molecule has 3 atom stereocenters. The van der Waals surface area contributed by atoms with Gasteiger partial charge in [0.05, 0.1) is 23.6 Å². The van der Waals surface area contributed by atoms with E-state index in [2.05, 4.69) is 0 Å². The highest BCUT2D eigenvalue weighted by Gasteiger charge is 2.55. The van der Waals surface area contributed by atoms with Crippen LogP contribution in [-0.2, 0) is 10.0 Å². The summed E-state index contributed by atoms with van der Waals surface area (Å²) in [6.45, 7) is -0.424. The molecule has 1 saturated heterocycles. The number of hydrogen-bond donors (Lipinski definition) is 1. The predicted molar refractivity (Wildman–Crippen MR) is 84.9 cm³/mol. The lowest BCUT2D eigenvalue weighted by Crippen LogP contribution is -2.65. The standard InChI is InChI=1S/C17H15FN2O3S/c18-13-7-4-8-14(9-13)24(22,23)20-15(10-19)17(16(20)11-21)12-5-2-1-3-6-12/h1-9,15-17,21H,11H2/t15-,16+,17+/m1/s1. The number of sulfonamides is 1. The van der Waals surface area contributed by atoms with Crippen LogP contribution in [0.15, 0.2) is 59.5 Å². The lowest BCUT2D eigenvalue weighted by atomic mass is 9.78. The summed E-state index contributed by atoms with van der Waals surface area (Å²) in [6, 6.07) is 13.9. The maximum absolute atomic E-state index is 13.4. The van der Waals surface area contributed by atoms with Crippen LogP contribution in [0.1, 0.15) is 11.5 Å². The molecule has 1 fully saturated rings. The molecule has 0 spiro atoms. The number of nitriles is 1. The third-order valence-electron chi connectivity index (χ3n) is 4.23. The molecule has 0 bridgehead atoms. The van der Waals surface area contributed by atoms with Crippen LogP contribution in [0.25, 0.3) is 0 Å². The molecule has 1 aliphatic heterocycles. The van der Waals surface area contributed by atoms with E-state index in [1.165, 1.54) is 12.1 Å². The van der Waals surface area contributed by atoms with Gasteiger partial charge >= 0.3 is 0 Å². The molecular formula is C17H15FN2O3S. The van der Waals surface area contributed by atoms with Crippen molar-refractivity contribution in [2.24, 2.45) is 0 Å². The van der Waals surface area contributed by atoms with Gasteiger partial charge in [-0.2, -0.15) is 9.57 Å². The smallest absolute Gasteiger partial charge is 0.244 e. The Bertz CT molecular complexity index is 880. The van der Waals surface area contributed by atoms with Crippen LogP contribution >= 0.6 is 0 Å². The predicted octanol–water partition coefficient (Wildman–Crippen LogP) is 1.87. The average Bonchev–Trinajstić information content (AvgIpc) is 2.55. The number of rotatable bonds is 4. The van der Waals surface area contributed by atoms with Gasteiger partial charge in [-0.25, -0.2) is 12.8 Å². The summed E-state index contributed by atoms with van der Waals surface area (Å²) in [6.07, 6.45) is 0. The van der Waals surface area contributed by atoms with E-state index in [-0.39, 0.29) is 4.90 Å². The molecule has 1 aliphatic rings. The van der Waals surface area contributed by atoms with Crippen molar-refractivity contribution in [3.05, 3.63) is 66.0 Å². The number of nitrogens with zero attached hydrogens (tertiary/aromatic N) is 2. The van der Waals surface area contributed by atoms with Crippen LogP contribution in [0, 0.1) is 17.1 Å². The summed E-state index contributed by atoms with van der Waals surface area (Å²) in [5.41, 5.74) is 0.786. The molecule has 0 amide bonds. The lowest BCUT2D eigenvalue weighted by molar-refractivity contribution is 0.0556. The Kier molecular flexibility index (Phi) is 4.37. The fourth-order valence-electron chi connectivity index (χ4n) is 3.12. The van der Waals surface area contributed by atoms with E-state index in [1.807, 2.05) is 12.1 Å². The molecular weight excluding hydrogens is 331 g/mol. The molecule has 1 N–H and O–H groups in total. The summed E-state index contributed by atoms with van der Waals surface area (Å²) < 4.78 is 39.9. The zero-order valence-corrected chi connectivity index (χ0v) is 13.4. The molecule has 0 saturated carbocycles. The normalized spacial score (nSPS) is 24.1. The lowest BCUT2D eigenvalue weighted by Gasteiger charge is -2.50. The molecule has 5 nitrogen and oxygen atoms in total. The number of hydrogen-bond acceptors (Lipinski definition) is 4. The summed E-state index contributed by atoms with van der Waals surface area (Å²) in [5, 5.41) is 19.1. The number of aliphatic hydroxyl groups excluding tert-OH is 1. The van der Waals surface area contributed by atoms with Crippen LogP contribution < -0.4 is 0 Å². The molecule has 0 unspecified atom stereocenters. The first-order chi connectivity index (χ1) is 11.5. The Hall–Kier alpha value is -2.27. The van der Waals surface area contributed by atoms with Crippen molar-refractivity contribution in [1.82, 2.24) is 4.31 Å². The van der Waals surface area contributed by atoms with E-state index in [9.17, 15) is 23.2 Å². The number of benzene rings is 2. The molecule has 2 aromatic rings. The molecule has 0 radical (unpaired) electrons. The largest absolute Gasteiger partial charge is 0.395 e. The highest BCUT2D eigenvalue weighted by molar-refractivity contribution is 7.89. The second-order valence-corrected chi connectivity index (χ2v) is 7.40. The third kappa shape index (κ3) is 2.59. The summed E-state index contributed by atoms with van der Waals surface area (Å²) in [7, 11) is -4.08. The average molecular weight is 346 g/mol. The molecule has 0 aliphatic carbocycles. The Morgan fingerprint density at radius 3 is 2.46 bits per heavy atom. The SMILES string of the molecule is N#C[C@@H]1[C@H](c2ccccc2)[C@H](CO)N1S(=O)(=O)c1cccc(F)c1. The Balaban J connectivity index is 2.01. The van der Waals surface area contributed by atoms with Crippen LogP contribution in [0.5, 0.6) is 0 Å². The molecule has 124 valence electrons. The van der Waals surface area contributed by atoms with Crippen molar-refractivity contribution in [1.29, 1.82) is 5.26 Å². The zero-order chi connectivity index (χ0) is 17.3. The van der Waals surface area contributed by atoms with Gasteiger partial charge in [-0.05, 0) is 23.8 Å². The van der Waals surface area contributed by atoms with E-state index in [0.717, 1.165) is 22.0 Å². The van der Waals surface area contributed by atoms with Gasteiger partial charge < -0.3 is 5.11 Å². The molecule has 2 aromatic carbocycles. The van der Waals surface area contributed by atoms with Crippen molar-refractivity contribution in [3.8, 4) is 6.07 Å². The first-order valence-corrected chi connectivity index (χ1v) is 8.79. The maximum atomic E-state index is 13.4. The Morgan fingerprint density at radius 1 is 1.17 bits per heavy atom. The second kappa shape index (κ2) is 6.32. The third-order valence-corrected chi connectivity index (χ3v) is 6.13. The highest BCUT2D eigenvalue weighted by Crippen LogP contribution is 2.43. The number of aliphatic hydroxyl groups is 1. The zero-order valence-electron chi connectivity index (χ0n) is 12.6. The van der Waals surface area contributed by atoms with Crippen LogP contribution in [0.2, 0.25) is 0 Å². The van der Waals surface area contributed by atoms with Crippen molar-refractivity contribution in [2.75, 3.05) is 6.61 Å². The van der Waals surface area contributed by atoms with Gasteiger partial charge in [0.2, 0.25) is 10.0 Å². The van der Waals surface area contributed by atoms with Crippen LogP contribution in [-0.4, -0.2) is 36.5 Å². The Labute approximate surface area is 139 Å². The molecule has 24 heavy (non-hydrogen) atoms. The first kappa shape index (κ1) is 16.6. The number of halogens is 1. The van der Waals surface area contributed by atoms with Crippen LogP contribution in [0.4, 0.5) is 4.39 Å². The summed E-state index contributed by atoms with van der Waals surface area (Å²) in [4.78, 5) is -0.229. The van der Waals surface area contributed by atoms with Gasteiger partial charge in [-0.1, -0.05) is 36.4 Å².